The van der Waals surface area contributed by atoms with Crippen LogP contribution in [0.15, 0.2) is 0 Å². The first-order chi connectivity index (χ1) is 8.54. The first kappa shape index (κ1) is 15.5. The van der Waals surface area contributed by atoms with Crippen LogP contribution < -0.4 is 5.32 Å². The summed E-state index contributed by atoms with van der Waals surface area (Å²) in [5.41, 5.74) is 0. The summed E-state index contributed by atoms with van der Waals surface area (Å²) in [6.45, 7) is 11.6. The van der Waals surface area contributed by atoms with E-state index in [-0.39, 0.29) is 6.04 Å². The average Bonchev–Trinajstić information content (AvgIpc) is 2.28. The maximum Gasteiger partial charge on any atom is 0.239 e. The van der Waals surface area contributed by atoms with Gasteiger partial charge in [-0.25, -0.2) is 0 Å². The van der Waals surface area contributed by atoms with E-state index in [1.165, 1.54) is 12.8 Å². The summed E-state index contributed by atoms with van der Waals surface area (Å²) in [5.74, 6) is 1.78. The van der Waals surface area contributed by atoms with Gasteiger partial charge in [-0.1, -0.05) is 47.0 Å². The highest BCUT2D eigenvalue weighted by atomic mass is 16.2. The van der Waals surface area contributed by atoms with Crippen molar-refractivity contribution in [1.29, 1.82) is 0 Å². The van der Waals surface area contributed by atoms with Crippen molar-refractivity contribution in [3.05, 3.63) is 0 Å². The summed E-state index contributed by atoms with van der Waals surface area (Å²) < 4.78 is 0. The first-order valence-corrected chi connectivity index (χ1v) is 7.56. The van der Waals surface area contributed by atoms with E-state index in [9.17, 15) is 4.79 Å². The van der Waals surface area contributed by atoms with Crippen LogP contribution >= 0.6 is 0 Å². The van der Waals surface area contributed by atoms with E-state index in [1.807, 2.05) is 4.90 Å². The molecule has 1 atom stereocenters. The van der Waals surface area contributed by atoms with Crippen LogP contribution in [-0.2, 0) is 4.79 Å². The second kappa shape index (κ2) is 7.78. The highest BCUT2D eigenvalue weighted by molar-refractivity contribution is 5.82. The Labute approximate surface area is 112 Å². The summed E-state index contributed by atoms with van der Waals surface area (Å²) in [5, 5.41) is 3.34. The van der Waals surface area contributed by atoms with E-state index in [1.54, 1.807) is 0 Å². The van der Waals surface area contributed by atoms with E-state index in [4.69, 9.17) is 0 Å². The Kier molecular flexibility index (Phi) is 6.69. The number of hydrogen-bond acceptors (Lipinski definition) is 2. The van der Waals surface area contributed by atoms with E-state index >= 15 is 0 Å². The fourth-order valence-electron chi connectivity index (χ4n) is 2.56. The molecule has 1 heterocycles. The van der Waals surface area contributed by atoms with Gasteiger partial charge in [-0.05, 0) is 24.8 Å². The van der Waals surface area contributed by atoms with E-state index in [0.29, 0.717) is 11.8 Å². The van der Waals surface area contributed by atoms with E-state index < -0.39 is 0 Å². The Hall–Kier alpha value is -0.570. The molecule has 1 aliphatic rings. The lowest BCUT2D eigenvalue weighted by Crippen LogP contribution is -2.55. The molecule has 106 valence electrons. The van der Waals surface area contributed by atoms with Crippen molar-refractivity contribution in [3.63, 3.8) is 0 Å². The molecular weight excluding hydrogens is 224 g/mol. The van der Waals surface area contributed by atoms with Crippen molar-refractivity contribution in [3.8, 4) is 0 Å². The largest absolute Gasteiger partial charge is 0.341 e. The topological polar surface area (TPSA) is 32.3 Å². The molecule has 0 aromatic heterocycles. The molecule has 0 bridgehead atoms. The summed E-state index contributed by atoms with van der Waals surface area (Å²) >= 11 is 0. The van der Waals surface area contributed by atoms with Crippen LogP contribution in [0.5, 0.6) is 0 Å². The monoisotopic (exact) mass is 254 g/mol. The minimum atomic E-state index is 0.0506. The number of amides is 1. The molecule has 1 N–H and O–H groups in total. The molecule has 1 rings (SSSR count). The highest BCUT2D eigenvalue weighted by Gasteiger charge is 2.31. The van der Waals surface area contributed by atoms with Gasteiger partial charge in [0.25, 0.3) is 0 Å². The molecule has 0 saturated carbocycles. The molecule has 1 aliphatic heterocycles. The zero-order valence-corrected chi connectivity index (χ0v) is 12.5. The van der Waals surface area contributed by atoms with Gasteiger partial charge >= 0.3 is 0 Å². The third-order valence-electron chi connectivity index (χ3n) is 3.65. The van der Waals surface area contributed by atoms with Crippen molar-refractivity contribution in [2.45, 2.75) is 59.4 Å². The van der Waals surface area contributed by atoms with Gasteiger partial charge < -0.3 is 10.2 Å². The second-order valence-electron chi connectivity index (χ2n) is 6.14. The van der Waals surface area contributed by atoms with E-state index in [2.05, 4.69) is 33.0 Å². The molecule has 1 unspecified atom stereocenters. The zero-order chi connectivity index (χ0) is 13.5. The Balaban J connectivity index is 2.27. The number of nitrogens with one attached hydrogen (secondary N) is 1. The lowest BCUT2D eigenvalue weighted by atomic mass is 9.98. The SMILES string of the molecule is CCNC(CCCCC(C)C)C(=O)N1CC(C)C1. The Morgan fingerprint density at radius 1 is 1.28 bits per heavy atom. The minimum Gasteiger partial charge on any atom is -0.341 e. The molecular formula is C15H30N2O. The van der Waals surface area contributed by atoms with Crippen LogP contribution in [0.2, 0.25) is 0 Å². The number of hydrogen-bond donors (Lipinski definition) is 1. The predicted octanol–water partition coefficient (Wildman–Crippen LogP) is 2.66. The van der Waals surface area contributed by atoms with Crippen LogP contribution in [-0.4, -0.2) is 36.5 Å². The number of likely N-dealkylation sites (N-methyl/N-ethyl adjacent to an activating group) is 1. The van der Waals surface area contributed by atoms with Gasteiger partial charge in [0, 0.05) is 13.1 Å². The number of carbonyl (C=O) groups excluding carboxylic acids is 1. The van der Waals surface area contributed by atoms with Gasteiger partial charge in [-0.15, -0.1) is 0 Å². The number of rotatable bonds is 8. The van der Waals surface area contributed by atoms with Gasteiger partial charge in [0.2, 0.25) is 5.91 Å². The molecule has 1 fully saturated rings. The summed E-state index contributed by atoms with van der Waals surface area (Å²) in [7, 11) is 0. The Morgan fingerprint density at radius 2 is 1.89 bits per heavy atom. The molecule has 3 heteroatoms. The van der Waals surface area contributed by atoms with Crippen LogP contribution in [0, 0.1) is 11.8 Å². The Morgan fingerprint density at radius 3 is 2.39 bits per heavy atom. The van der Waals surface area contributed by atoms with Crippen molar-refractivity contribution in [2.75, 3.05) is 19.6 Å². The van der Waals surface area contributed by atoms with Gasteiger partial charge in [0.1, 0.15) is 0 Å². The third-order valence-corrected chi connectivity index (χ3v) is 3.65. The molecule has 1 amide bonds. The van der Waals surface area contributed by atoms with E-state index in [0.717, 1.165) is 38.4 Å². The van der Waals surface area contributed by atoms with Gasteiger partial charge in [0.15, 0.2) is 0 Å². The van der Waals surface area contributed by atoms with Crippen LogP contribution in [0.3, 0.4) is 0 Å². The molecule has 18 heavy (non-hydrogen) atoms. The minimum absolute atomic E-state index is 0.0506. The summed E-state index contributed by atoms with van der Waals surface area (Å²) in [6.07, 6.45) is 4.66. The van der Waals surface area contributed by atoms with Crippen molar-refractivity contribution in [1.82, 2.24) is 10.2 Å². The summed E-state index contributed by atoms with van der Waals surface area (Å²) in [6, 6.07) is 0.0506. The van der Waals surface area contributed by atoms with Crippen molar-refractivity contribution < 1.29 is 4.79 Å². The number of carbonyl (C=O) groups is 1. The molecule has 0 radical (unpaired) electrons. The van der Waals surface area contributed by atoms with Crippen LogP contribution in [0.1, 0.15) is 53.4 Å². The number of unbranched alkanes of at least 4 members (excludes halogenated alkanes) is 1. The molecule has 0 aliphatic carbocycles. The van der Waals surface area contributed by atoms with Gasteiger partial charge in [0.05, 0.1) is 6.04 Å². The van der Waals surface area contributed by atoms with Gasteiger partial charge in [-0.3, -0.25) is 4.79 Å². The molecule has 1 saturated heterocycles. The summed E-state index contributed by atoms with van der Waals surface area (Å²) in [4.78, 5) is 14.3. The standard InChI is InChI=1S/C15H30N2O/c1-5-16-14(9-7-6-8-12(2)3)15(18)17-10-13(4)11-17/h12-14,16H,5-11H2,1-4H3. The van der Waals surface area contributed by atoms with Crippen molar-refractivity contribution in [2.24, 2.45) is 11.8 Å². The first-order valence-electron chi connectivity index (χ1n) is 7.56. The average molecular weight is 254 g/mol. The normalized spacial score (nSPS) is 17.9. The quantitative estimate of drug-likeness (QED) is 0.675. The fourth-order valence-corrected chi connectivity index (χ4v) is 2.56. The third kappa shape index (κ3) is 4.97. The maximum absolute atomic E-state index is 12.3. The molecule has 3 nitrogen and oxygen atoms in total. The highest BCUT2D eigenvalue weighted by Crippen LogP contribution is 2.17. The molecule has 0 spiro atoms. The predicted molar refractivity (Wildman–Crippen MR) is 76.5 cm³/mol. The van der Waals surface area contributed by atoms with Crippen LogP contribution in [0.4, 0.5) is 0 Å². The molecule has 0 aromatic rings. The Bertz CT molecular complexity index is 247. The second-order valence-corrected chi connectivity index (χ2v) is 6.14. The number of nitrogens with zero attached hydrogens (tertiary/aromatic N) is 1. The van der Waals surface area contributed by atoms with Gasteiger partial charge in [-0.2, -0.15) is 0 Å². The maximum atomic E-state index is 12.3. The number of likely N-dealkylation sites (tertiary alicyclic amines) is 1. The van der Waals surface area contributed by atoms with Crippen LogP contribution in [0.25, 0.3) is 0 Å². The molecule has 0 aromatic carbocycles. The fraction of sp³-hybridized carbons (Fsp3) is 0.933. The lowest BCUT2D eigenvalue weighted by molar-refractivity contribution is -0.139. The lowest BCUT2D eigenvalue weighted by Gasteiger charge is -2.39. The zero-order valence-electron chi connectivity index (χ0n) is 12.5. The van der Waals surface area contributed by atoms with Crippen molar-refractivity contribution >= 4 is 5.91 Å². The smallest absolute Gasteiger partial charge is 0.239 e.